The average Bonchev–Trinajstić information content (AvgIpc) is 3.36. The molecule has 3 aromatic rings. The number of unbranched alkanes of at least 4 members (excludes halogenated alkanes) is 1. The molecule has 0 unspecified atom stereocenters. The second-order valence-corrected chi connectivity index (χ2v) is 9.25. The summed E-state index contributed by atoms with van der Waals surface area (Å²) >= 11 is 0. The summed E-state index contributed by atoms with van der Waals surface area (Å²) in [6, 6.07) is 24.1. The van der Waals surface area contributed by atoms with Gasteiger partial charge in [-0.15, -0.1) is 0 Å². The van der Waals surface area contributed by atoms with Gasteiger partial charge in [0.1, 0.15) is 5.82 Å². The predicted octanol–water partition coefficient (Wildman–Crippen LogP) is 7.76. The molecule has 1 aliphatic rings. The Morgan fingerprint density at radius 2 is 1.36 bits per heavy atom. The zero-order valence-corrected chi connectivity index (χ0v) is 19.7. The molecule has 0 N–H and O–H groups in total. The Balaban J connectivity index is 1.41. The fourth-order valence-electron chi connectivity index (χ4n) is 4.61. The van der Waals surface area contributed by atoms with Crippen LogP contribution in [0, 0.1) is 23.6 Å². The molecule has 0 bridgehead atoms. The van der Waals surface area contributed by atoms with Crippen molar-refractivity contribution < 1.29 is 4.39 Å². The SMILES string of the molecule is CCCCc1ccc(C#Cc2ccc(CN(CC3CCCC3)c3ccc(F)cc3)cc2)cc1. The molecular weight excluding hydrogens is 405 g/mol. The van der Waals surface area contributed by atoms with Gasteiger partial charge in [-0.3, -0.25) is 0 Å². The molecular formula is C31H34FN. The molecule has 0 aromatic heterocycles. The maximum absolute atomic E-state index is 13.5. The first-order chi connectivity index (χ1) is 16.2. The smallest absolute Gasteiger partial charge is 0.123 e. The van der Waals surface area contributed by atoms with E-state index in [9.17, 15) is 4.39 Å². The van der Waals surface area contributed by atoms with Crippen molar-refractivity contribution in [2.45, 2.75) is 58.4 Å². The van der Waals surface area contributed by atoms with Crippen molar-refractivity contribution in [2.75, 3.05) is 11.4 Å². The van der Waals surface area contributed by atoms with E-state index in [0.717, 1.165) is 42.2 Å². The summed E-state index contributed by atoms with van der Waals surface area (Å²) in [7, 11) is 0. The standard InChI is InChI=1S/C31H34FN/c1-2-3-6-25-9-11-26(12-10-25)13-14-27-15-17-29(18-16-27)24-33(23-28-7-4-5-8-28)31-21-19-30(32)20-22-31/h9-12,15-22,28H,2-8,23-24H2,1H3. The summed E-state index contributed by atoms with van der Waals surface area (Å²) in [4.78, 5) is 2.40. The first-order valence-corrected chi connectivity index (χ1v) is 12.4. The highest BCUT2D eigenvalue weighted by atomic mass is 19.1. The van der Waals surface area contributed by atoms with Crippen LogP contribution >= 0.6 is 0 Å². The van der Waals surface area contributed by atoms with Gasteiger partial charge in [-0.05, 0) is 91.3 Å². The molecule has 0 aliphatic heterocycles. The molecule has 0 amide bonds. The lowest BCUT2D eigenvalue weighted by molar-refractivity contribution is 0.529. The highest BCUT2D eigenvalue weighted by Crippen LogP contribution is 2.28. The van der Waals surface area contributed by atoms with E-state index >= 15 is 0 Å². The number of anilines is 1. The third-order valence-corrected chi connectivity index (χ3v) is 6.60. The van der Waals surface area contributed by atoms with Crippen LogP contribution in [-0.4, -0.2) is 6.54 Å². The molecule has 1 fully saturated rings. The summed E-state index contributed by atoms with van der Waals surface area (Å²) < 4.78 is 13.5. The molecule has 4 rings (SSSR count). The van der Waals surface area contributed by atoms with Crippen molar-refractivity contribution in [3.63, 3.8) is 0 Å². The Hall–Kier alpha value is -3.05. The lowest BCUT2D eigenvalue weighted by Gasteiger charge is -2.28. The quantitative estimate of drug-likeness (QED) is 0.324. The summed E-state index contributed by atoms with van der Waals surface area (Å²) in [5, 5.41) is 0. The summed E-state index contributed by atoms with van der Waals surface area (Å²) in [5.74, 6) is 7.13. The minimum atomic E-state index is -0.182. The van der Waals surface area contributed by atoms with Gasteiger partial charge in [-0.25, -0.2) is 4.39 Å². The fraction of sp³-hybridized carbons (Fsp3) is 0.355. The fourth-order valence-corrected chi connectivity index (χ4v) is 4.61. The third-order valence-electron chi connectivity index (χ3n) is 6.60. The minimum Gasteiger partial charge on any atom is -0.367 e. The van der Waals surface area contributed by atoms with Crippen LogP contribution in [-0.2, 0) is 13.0 Å². The minimum absolute atomic E-state index is 0.182. The molecule has 3 aromatic carbocycles. The zero-order valence-electron chi connectivity index (χ0n) is 19.7. The number of hydrogen-bond donors (Lipinski definition) is 0. The Bertz CT molecular complexity index is 1050. The average molecular weight is 440 g/mol. The van der Waals surface area contributed by atoms with Crippen LogP contribution in [0.25, 0.3) is 0 Å². The molecule has 1 aliphatic carbocycles. The van der Waals surface area contributed by atoms with E-state index in [4.69, 9.17) is 0 Å². The van der Waals surface area contributed by atoms with Crippen LogP contribution in [0.2, 0.25) is 0 Å². The van der Waals surface area contributed by atoms with Gasteiger partial charge in [0.25, 0.3) is 0 Å². The maximum atomic E-state index is 13.5. The molecule has 0 spiro atoms. The summed E-state index contributed by atoms with van der Waals surface area (Å²) in [5.41, 5.74) is 5.81. The van der Waals surface area contributed by atoms with Crippen molar-refractivity contribution in [2.24, 2.45) is 5.92 Å². The first-order valence-electron chi connectivity index (χ1n) is 12.4. The van der Waals surface area contributed by atoms with Crippen molar-refractivity contribution in [1.29, 1.82) is 0 Å². The lowest BCUT2D eigenvalue weighted by Crippen LogP contribution is -2.28. The number of hydrogen-bond acceptors (Lipinski definition) is 1. The van der Waals surface area contributed by atoms with Crippen molar-refractivity contribution >= 4 is 5.69 Å². The Labute approximate surface area is 198 Å². The van der Waals surface area contributed by atoms with E-state index in [1.54, 1.807) is 12.1 Å². The van der Waals surface area contributed by atoms with Gasteiger partial charge in [0.05, 0.1) is 0 Å². The van der Waals surface area contributed by atoms with Crippen molar-refractivity contribution in [3.8, 4) is 11.8 Å². The predicted molar refractivity (Wildman–Crippen MR) is 137 cm³/mol. The number of halogens is 1. The van der Waals surface area contributed by atoms with Crippen molar-refractivity contribution in [3.05, 3.63) is 101 Å². The topological polar surface area (TPSA) is 3.24 Å². The number of rotatable bonds is 8. The number of nitrogens with zero attached hydrogens (tertiary/aromatic N) is 1. The number of aryl methyl sites for hydroxylation is 1. The maximum Gasteiger partial charge on any atom is 0.123 e. The van der Waals surface area contributed by atoms with E-state index in [0.29, 0.717) is 0 Å². The van der Waals surface area contributed by atoms with Crippen LogP contribution in [0.1, 0.15) is 67.7 Å². The summed E-state index contributed by atoms with van der Waals surface area (Å²) in [6.07, 6.45) is 8.85. The van der Waals surface area contributed by atoms with Crippen LogP contribution in [0.3, 0.4) is 0 Å². The first kappa shape index (κ1) is 23.1. The van der Waals surface area contributed by atoms with Gasteiger partial charge < -0.3 is 4.90 Å². The highest BCUT2D eigenvalue weighted by Gasteiger charge is 2.19. The largest absolute Gasteiger partial charge is 0.367 e. The highest BCUT2D eigenvalue weighted by molar-refractivity contribution is 5.48. The van der Waals surface area contributed by atoms with Gasteiger partial charge in [-0.1, -0.05) is 62.3 Å². The normalized spacial score (nSPS) is 13.5. The molecule has 0 heterocycles. The molecule has 0 atom stereocenters. The zero-order chi connectivity index (χ0) is 22.9. The van der Waals surface area contributed by atoms with E-state index in [2.05, 4.69) is 72.2 Å². The number of benzene rings is 3. The van der Waals surface area contributed by atoms with E-state index < -0.39 is 0 Å². The van der Waals surface area contributed by atoms with Crippen LogP contribution in [0.15, 0.2) is 72.8 Å². The molecule has 33 heavy (non-hydrogen) atoms. The lowest BCUT2D eigenvalue weighted by atomic mass is 10.1. The molecule has 0 radical (unpaired) electrons. The summed E-state index contributed by atoms with van der Waals surface area (Å²) in [6.45, 7) is 4.08. The molecule has 1 saturated carbocycles. The van der Waals surface area contributed by atoms with Crippen LogP contribution < -0.4 is 4.90 Å². The third kappa shape index (κ3) is 6.96. The molecule has 0 saturated heterocycles. The van der Waals surface area contributed by atoms with E-state index in [1.165, 1.54) is 49.7 Å². The Morgan fingerprint density at radius 3 is 1.94 bits per heavy atom. The van der Waals surface area contributed by atoms with Crippen LogP contribution in [0.4, 0.5) is 10.1 Å². The van der Waals surface area contributed by atoms with Gasteiger partial charge in [0, 0.05) is 29.9 Å². The van der Waals surface area contributed by atoms with E-state index in [1.807, 2.05) is 12.1 Å². The van der Waals surface area contributed by atoms with Gasteiger partial charge in [0.2, 0.25) is 0 Å². The van der Waals surface area contributed by atoms with E-state index in [-0.39, 0.29) is 5.82 Å². The van der Waals surface area contributed by atoms with Crippen molar-refractivity contribution in [1.82, 2.24) is 0 Å². The monoisotopic (exact) mass is 439 g/mol. The Kier molecular flexibility index (Phi) is 8.20. The Morgan fingerprint density at radius 1 is 0.788 bits per heavy atom. The van der Waals surface area contributed by atoms with Gasteiger partial charge in [0.15, 0.2) is 0 Å². The van der Waals surface area contributed by atoms with Gasteiger partial charge in [-0.2, -0.15) is 0 Å². The molecule has 2 heteroatoms. The van der Waals surface area contributed by atoms with Crippen LogP contribution in [0.5, 0.6) is 0 Å². The second kappa shape index (κ2) is 11.7. The van der Waals surface area contributed by atoms with Gasteiger partial charge >= 0.3 is 0 Å². The second-order valence-electron chi connectivity index (χ2n) is 9.25. The molecule has 170 valence electrons. The molecule has 1 nitrogen and oxygen atoms in total.